The molecule has 0 aliphatic carbocycles. The van der Waals surface area contributed by atoms with Gasteiger partial charge in [-0.25, -0.2) is 0 Å². The van der Waals surface area contributed by atoms with Gasteiger partial charge in [-0.1, -0.05) is 18.5 Å². The summed E-state index contributed by atoms with van der Waals surface area (Å²) in [5.41, 5.74) is 1.95. The van der Waals surface area contributed by atoms with Gasteiger partial charge in [-0.2, -0.15) is 0 Å². The molecule has 3 nitrogen and oxygen atoms in total. The zero-order valence-electron chi connectivity index (χ0n) is 9.96. The van der Waals surface area contributed by atoms with Gasteiger partial charge < -0.3 is 14.3 Å². The zero-order chi connectivity index (χ0) is 12.4. The topological polar surface area (TPSA) is 35.5 Å². The first kappa shape index (κ1) is 12.2. The SMILES string of the molecule is Cc1c2c(cc(Cl)c1C(C)CC=O)OCCO2. The molecule has 1 heterocycles. The van der Waals surface area contributed by atoms with E-state index in [1.54, 1.807) is 6.07 Å². The van der Waals surface area contributed by atoms with Crippen molar-refractivity contribution in [1.82, 2.24) is 0 Å². The molecule has 0 bridgehead atoms. The first-order valence-corrected chi connectivity index (χ1v) is 6.05. The van der Waals surface area contributed by atoms with Gasteiger partial charge in [-0.05, 0) is 24.0 Å². The third-order valence-corrected chi connectivity index (χ3v) is 3.33. The lowest BCUT2D eigenvalue weighted by molar-refractivity contribution is -0.108. The third-order valence-electron chi connectivity index (χ3n) is 3.01. The summed E-state index contributed by atoms with van der Waals surface area (Å²) >= 11 is 6.25. The number of carbonyl (C=O) groups is 1. The number of aldehydes is 1. The average Bonchev–Trinajstić information content (AvgIpc) is 2.29. The second kappa shape index (κ2) is 4.96. The minimum atomic E-state index is 0.0934. The predicted molar refractivity (Wildman–Crippen MR) is 66.3 cm³/mol. The number of carbonyl (C=O) groups excluding carboxylic acids is 1. The van der Waals surface area contributed by atoms with Crippen LogP contribution in [0.5, 0.6) is 11.5 Å². The Morgan fingerprint density at radius 3 is 2.88 bits per heavy atom. The van der Waals surface area contributed by atoms with Crippen LogP contribution in [0.2, 0.25) is 5.02 Å². The van der Waals surface area contributed by atoms with Gasteiger partial charge in [0.1, 0.15) is 19.5 Å². The van der Waals surface area contributed by atoms with Gasteiger partial charge in [0, 0.05) is 17.5 Å². The molecule has 0 amide bonds. The van der Waals surface area contributed by atoms with Gasteiger partial charge in [0.05, 0.1) is 0 Å². The summed E-state index contributed by atoms with van der Waals surface area (Å²) in [5, 5.41) is 0.640. The molecule has 2 rings (SSSR count). The molecule has 1 unspecified atom stereocenters. The summed E-state index contributed by atoms with van der Waals surface area (Å²) in [6.45, 7) is 5.04. The monoisotopic (exact) mass is 254 g/mol. The molecule has 0 fully saturated rings. The highest BCUT2D eigenvalue weighted by atomic mass is 35.5. The first-order valence-electron chi connectivity index (χ1n) is 5.67. The van der Waals surface area contributed by atoms with E-state index in [4.69, 9.17) is 21.1 Å². The number of hydrogen-bond donors (Lipinski definition) is 0. The zero-order valence-corrected chi connectivity index (χ0v) is 10.7. The quantitative estimate of drug-likeness (QED) is 0.778. The van der Waals surface area contributed by atoms with Crippen LogP contribution in [0.1, 0.15) is 30.4 Å². The Kier molecular flexibility index (Phi) is 3.57. The molecule has 1 aromatic carbocycles. The van der Waals surface area contributed by atoms with Crippen LogP contribution in [0, 0.1) is 6.92 Å². The van der Waals surface area contributed by atoms with E-state index >= 15 is 0 Å². The summed E-state index contributed by atoms with van der Waals surface area (Å²) in [6, 6.07) is 1.78. The van der Waals surface area contributed by atoms with E-state index in [2.05, 4.69) is 0 Å². The average molecular weight is 255 g/mol. The fraction of sp³-hybridized carbons (Fsp3) is 0.462. The number of benzene rings is 1. The minimum Gasteiger partial charge on any atom is -0.486 e. The van der Waals surface area contributed by atoms with Crippen molar-refractivity contribution < 1.29 is 14.3 Å². The Bertz CT molecular complexity index is 443. The van der Waals surface area contributed by atoms with Crippen molar-refractivity contribution in [3.05, 3.63) is 22.2 Å². The molecule has 0 saturated heterocycles. The summed E-state index contributed by atoms with van der Waals surface area (Å²) in [7, 11) is 0. The molecular formula is C13H15ClO3. The summed E-state index contributed by atoms with van der Waals surface area (Å²) < 4.78 is 11.1. The van der Waals surface area contributed by atoms with E-state index in [0.717, 1.165) is 23.2 Å². The number of ether oxygens (including phenoxy) is 2. The van der Waals surface area contributed by atoms with Crippen LogP contribution >= 0.6 is 11.6 Å². The Balaban J connectivity index is 2.48. The lowest BCUT2D eigenvalue weighted by atomic mass is 9.93. The Hall–Kier alpha value is -1.22. The third kappa shape index (κ3) is 2.25. The number of fused-ring (bicyclic) bond motifs is 1. The van der Waals surface area contributed by atoms with Crippen LogP contribution in [-0.2, 0) is 4.79 Å². The maximum atomic E-state index is 10.6. The highest BCUT2D eigenvalue weighted by Crippen LogP contribution is 2.42. The van der Waals surface area contributed by atoms with Crippen molar-refractivity contribution in [2.75, 3.05) is 13.2 Å². The lowest BCUT2D eigenvalue weighted by Gasteiger charge is -2.24. The molecule has 17 heavy (non-hydrogen) atoms. The number of halogens is 1. The van der Waals surface area contributed by atoms with Gasteiger partial charge >= 0.3 is 0 Å². The molecule has 0 saturated carbocycles. The maximum Gasteiger partial charge on any atom is 0.164 e. The molecule has 4 heteroatoms. The molecule has 1 aliphatic rings. The summed E-state index contributed by atoms with van der Waals surface area (Å²) in [5.74, 6) is 1.55. The van der Waals surface area contributed by atoms with E-state index in [0.29, 0.717) is 30.4 Å². The van der Waals surface area contributed by atoms with Gasteiger partial charge in [0.25, 0.3) is 0 Å². The van der Waals surface area contributed by atoms with Gasteiger partial charge in [-0.3, -0.25) is 0 Å². The molecule has 1 atom stereocenters. The molecule has 1 aliphatic heterocycles. The van der Waals surface area contributed by atoms with E-state index in [-0.39, 0.29) is 5.92 Å². The normalized spacial score (nSPS) is 15.5. The van der Waals surface area contributed by atoms with Crippen LogP contribution in [-0.4, -0.2) is 19.5 Å². The first-order chi connectivity index (χ1) is 8.15. The molecular weight excluding hydrogens is 240 g/mol. The Morgan fingerprint density at radius 2 is 2.18 bits per heavy atom. The fourth-order valence-corrected chi connectivity index (χ4v) is 2.62. The number of hydrogen-bond acceptors (Lipinski definition) is 3. The van der Waals surface area contributed by atoms with E-state index in [1.165, 1.54) is 0 Å². The predicted octanol–water partition coefficient (Wildman–Crippen LogP) is 3.11. The fourth-order valence-electron chi connectivity index (χ4n) is 2.19. The van der Waals surface area contributed by atoms with Crippen LogP contribution in [0.4, 0.5) is 0 Å². The number of rotatable bonds is 3. The molecule has 0 spiro atoms. The second-order valence-electron chi connectivity index (χ2n) is 4.22. The van der Waals surface area contributed by atoms with Crippen LogP contribution in [0.25, 0.3) is 0 Å². The van der Waals surface area contributed by atoms with Crippen molar-refractivity contribution in [3.63, 3.8) is 0 Å². The highest BCUT2D eigenvalue weighted by molar-refractivity contribution is 6.31. The molecule has 92 valence electrons. The lowest BCUT2D eigenvalue weighted by Crippen LogP contribution is -2.17. The summed E-state index contributed by atoms with van der Waals surface area (Å²) in [4.78, 5) is 10.6. The Morgan fingerprint density at radius 1 is 1.47 bits per heavy atom. The van der Waals surface area contributed by atoms with Crippen molar-refractivity contribution in [2.24, 2.45) is 0 Å². The van der Waals surface area contributed by atoms with Crippen molar-refractivity contribution in [3.8, 4) is 11.5 Å². The molecule has 0 N–H and O–H groups in total. The van der Waals surface area contributed by atoms with E-state index in [9.17, 15) is 4.79 Å². The second-order valence-corrected chi connectivity index (χ2v) is 4.63. The smallest absolute Gasteiger partial charge is 0.164 e. The maximum absolute atomic E-state index is 10.6. The molecule has 0 radical (unpaired) electrons. The standard InChI is InChI=1S/C13H15ClO3/c1-8(3-4-15)12-9(2)13-11(7-10(12)14)16-5-6-17-13/h4,7-8H,3,5-6H2,1-2H3. The van der Waals surface area contributed by atoms with Crippen LogP contribution < -0.4 is 9.47 Å². The van der Waals surface area contributed by atoms with E-state index < -0.39 is 0 Å². The minimum absolute atomic E-state index is 0.0934. The van der Waals surface area contributed by atoms with E-state index in [1.807, 2.05) is 13.8 Å². The van der Waals surface area contributed by atoms with Crippen LogP contribution in [0.15, 0.2) is 6.07 Å². The summed E-state index contributed by atoms with van der Waals surface area (Å²) in [6.07, 6.45) is 1.37. The largest absolute Gasteiger partial charge is 0.486 e. The van der Waals surface area contributed by atoms with Gasteiger partial charge in [0.15, 0.2) is 11.5 Å². The van der Waals surface area contributed by atoms with Crippen molar-refractivity contribution in [1.29, 1.82) is 0 Å². The Labute approximate surface area is 106 Å². The van der Waals surface area contributed by atoms with Crippen molar-refractivity contribution >= 4 is 17.9 Å². The van der Waals surface area contributed by atoms with Gasteiger partial charge in [-0.15, -0.1) is 0 Å². The van der Waals surface area contributed by atoms with Crippen molar-refractivity contribution in [2.45, 2.75) is 26.2 Å². The van der Waals surface area contributed by atoms with Crippen LogP contribution in [0.3, 0.4) is 0 Å². The molecule has 0 aromatic heterocycles. The highest BCUT2D eigenvalue weighted by Gasteiger charge is 2.22. The molecule has 1 aromatic rings. The van der Waals surface area contributed by atoms with Gasteiger partial charge in [0.2, 0.25) is 0 Å².